The van der Waals surface area contributed by atoms with E-state index in [1.165, 1.54) is 16.8 Å². The molecule has 0 radical (unpaired) electrons. The van der Waals surface area contributed by atoms with Crippen molar-refractivity contribution in [1.82, 2.24) is 24.7 Å². The molecule has 1 aromatic carbocycles. The molecule has 0 fully saturated rings. The standard InChI is InChI=1S/C22H23N5O4S/c1-5-31-19-8-7-14(32(29,30)6-2)9-15(19)18-12-27(4)22(28)17-10-23-21(25-20(17)18)16-11-24-26-13(16)3/h7-12H,5-6H2,1-4H3,(H,24,26). The highest BCUT2D eigenvalue weighted by molar-refractivity contribution is 7.91. The van der Waals surface area contributed by atoms with Gasteiger partial charge in [0.2, 0.25) is 0 Å². The molecule has 0 saturated heterocycles. The average molecular weight is 454 g/mol. The van der Waals surface area contributed by atoms with Gasteiger partial charge in [-0.15, -0.1) is 0 Å². The summed E-state index contributed by atoms with van der Waals surface area (Å²) in [6.07, 6.45) is 4.82. The van der Waals surface area contributed by atoms with Crippen molar-refractivity contribution in [2.75, 3.05) is 12.4 Å². The number of H-pyrrole nitrogens is 1. The van der Waals surface area contributed by atoms with Crippen molar-refractivity contribution in [2.45, 2.75) is 25.7 Å². The molecular formula is C22H23N5O4S. The van der Waals surface area contributed by atoms with Crippen LogP contribution in [-0.4, -0.2) is 45.5 Å². The van der Waals surface area contributed by atoms with Crippen LogP contribution in [0, 0.1) is 6.92 Å². The number of hydrogen-bond acceptors (Lipinski definition) is 7. The van der Waals surface area contributed by atoms with Gasteiger partial charge in [0.15, 0.2) is 15.7 Å². The zero-order chi connectivity index (χ0) is 23.0. The third kappa shape index (κ3) is 3.66. The van der Waals surface area contributed by atoms with Gasteiger partial charge in [-0.25, -0.2) is 18.4 Å². The number of aryl methyl sites for hydroxylation is 2. The second kappa shape index (κ2) is 8.19. The van der Waals surface area contributed by atoms with Gasteiger partial charge < -0.3 is 9.30 Å². The van der Waals surface area contributed by atoms with Crippen LogP contribution in [-0.2, 0) is 16.9 Å². The number of benzene rings is 1. The third-order valence-corrected chi connectivity index (χ3v) is 7.00. The Balaban J connectivity index is 2.07. The molecule has 0 aliphatic carbocycles. The maximum atomic E-state index is 12.8. The van der Waals surface area contributed by atoms with Crippen LogP contribution in [0.4, 0.5) is 0 Å². The third-order valence-electron chi connectivity index (χ3n) is 5.27. The van der Waals surface area contributed by atoms with E-state index in [0.29, 0.717) is 45.8 Å². The van der Waals surface area contributed by atoms with Gasteiger partial charge in [-0.3, -0.25) is 9.89 Å². The Hall–Kier alpha value is -3.53. The Morgan fingerprint density at radius 3 is 2.59 bits per heavy atom. The lowest BCUT2D eigenvalue weighted by Crippen LogP contribution is -2.18. The van der Waals surface area contributed by atoms with Crippen LogP contribution in [0.25, 0.3) is 33.4 Å². The number of fused-ring (bicyclic) bond motifs is 1. The normalized spacial score (nSPS) is 11.8. The van der Waals surface area contributed by atoms with Crippen LogP contribution in [0.15, 0.2) is 46.5 Å². The Labute approximate surface area is 185 Å². The minimum absolute atomic E-state index is 0.0273. The lowest BCUT2D eigenvalue weighted by Gasteiger charge is -2.15. The molecule has 1 N–H and O–H groups in total. The predicted molar refractivity (Wildman–Crippen MR) is 121 cm³/mol. The topological polar surface area (TPSA) is 120 Å². The molecule has 3 heterocycles. The van der Waals surface area contributed by atoms with E-state index in [0.717, 1.165) is 5.69 Å². The first-order valence-corrected chi connectivity index (χ1v) is 11.8. The maximum Gasteiger partial charge on any atom is 0.261 e. The molecule has 0 unspecified atom stereocenters. The van der Waals surface area contributed by atoms with Crippen LogP contribution < -0.4 is 10.3 Å². The smallest absolute Gasteiger partial charge is 0.261 e. The zero-order valence-corrected chi connectivity index (χ0v) is 19.0. The molecule has 4 rings (SSSR count). The number of sulfone groups is 1. The molecule has 4 aromatic rings. The van der Waals surface area contributed by atoms with E-state index >= 15 is 0 Å². The van der Waals surface area contributed by atoms with Crippen molar-refractivity contribution in [1.29, 1.82) is 0 Å². The highest BCUT2D eigenvalue weighted by atomic mass is 32.2. The fraction of sp³-hybridized carbons (Fsp3) is 0.273. The van der Waals surface area contributed by atoms with Crippen molar-refractivity contribution >= 4 is 20.7 Å². The van der Waals surface area contributed by atoms with Crippen LogP contribution in [0.1, 0.15) is 19.5 Å². The van der Waals surface area contributed by atoms with E-state index in [2.05, 4.69) is 20.2 Å². The molecule has 0 aliphatic rings. The highest BCUT2D eigenvalue weighted by Gasteiger charge is 2.20. The molecule has 9 nitrogen and oxygen atoms in total. The first kappa shape index (κ1) is 21.7. The summed E-state index contributed by atoms with van der Waals surface area (Å²) in [5.74, 6) is 0.885. The SMILES string of the molecule is CCOc1ccc(S(=O)(=O)CC)cc1-c1cn(C)c(=O)c2cnc(-c3c[nH]nc3C)nc12. The van der Waals surface area contributed by atoms with Gasteiger partial charge in [0.05, 0.1) is 39.4 Å². The van der Waals surface area contributed by atoms with Gasteiger partial charge in [-0.2, -0.15) is 5.10 Å². The van der Waals surface area contributed by atoms with Gasteiger partial charge in [-0.1, -0.05) is 6.92 Å². The van der Waals surface area contributed by atoms with Crippen molar-refractivity contribution in [3.8, 4) is 28.3 Å². The quantitative estimate of drug-likeness (QED) is 0.477. The monoisotopic (exact) mass is 453 g/mol. The van der Waals surface area contributed by atoms with E-state index in [1.807, 2.05) is 13.8 Å². The van der Waals surface area contributed by atoms with E-state index in [9.17, 15) is 13.2 Å². The molecule has 0 aliphatic heterocycles. The second-order valence-corrected chi connectivity index (χ2v) is 9.57. The Bertz CT molecular complexity index is 1490. The first-order valence-electron chi connectivity index (χ1n) is 10.1. The minimum atomic E-state index is -3.45. The summed E-state index contributed by atoms with van der Waals surface area (Å²) in [6, 6.07) is 4.75. The minimum Gasteiger partial charge on any atom is -0.493 e. The highest BCUT2D eigenvalue weighted by Crippen LogP contribution is 2.36. The Morgan fingerprint density at radius 2 is 1.94 bits per heavy atom. The molecule has 0 saturated carbocycles. The molecule has 166 valence electrons. The summed E-state index contributed by atoms with van der Waals surface area (Å²) in [7, 11) is -1.82. The van der Waals surface area contributed by atoms with Gasteiger partial charge >= 0.3 is 0 Å². The van der Waals surface area contributed by atoms with Gasteiger partial charge in [0.1, 0.15) is 5.75 Å². The average Bonchev–Trinajstić information content (AvgIpc) is 3.22. The van der Waals surface area contributed by atoms with Gasteiger partial charge in [0, 0.05) is 36.8 Å². The molecule has 32 heavy (non-hydrogen) atoms. The number of pyridine rings is 1. The summed E-state index contributed by atoms with van der Waals surface area (Å²) in [4.78, 5) is 22.0. The first-order chi connectivity index (χ1) is 15.3. The van der Waals surface area contributed by atoms with Gasteiger partial charge in [0.25, 0.3) is 5.56 Å². The second-order valence-electron chi connectivity index (χ2n) is 7.29. The summed E-state index contributed by atoms with van der Waals surface area (Å²) >= 11 is 0. The number of rotatable bonds is 6. The molecule has 10 heteroatoms. The summed E-state index contributed by atoms with van der Waals surface area (Å²) in [6.45, 7) is 5.67. The van der Waals surface area contributed by atoms with E-state index in [-0.39, 0.29) is 16.2 Å². The molecule has 0 bridgehead atoms. The number of ether oxygens (including phenoxy) is 1. The maximum absolute atomic E-state index is 12.8. The largest absolute Gasteiger partial charge is 0.493 e. The molecular weight excluding hydrogens is 430 g/mol. The molecule has 0 amide bonds. The lowest BCUT2D eigenvalue weighted by molar-refractivity contribution is 0.341. The Kier molecular flexibility index (Phi) is 5.55. The van der Waals surface area contributed by atoms with E-state index in [1.54, 1.807) is 38.5 Å². The van der Waals surface area contributed by atoms with Crippen LogP contribution >= 0.6 is 0 Å². The fourth-order valence-electron chi connectivity index (χ4n) is 3.52. The van der Waals surface area contributed by atoms with E-state index < -0.39 is 9.84 Å². The van der Waals surface area contributed by atoms with Gasteiger partial charge in [-0.05, 0) is 32.0 Å². The van der Waals surface area contributed by atoms with Crippen molar-refractivity contribution < 1.29 is 13.2 Å². The lowest BCUT2D eigenvalue weighted by atomic mass is 10.0. The number of nitrogens with zero attached hydrogens (tertiary/aromatic N) is 4. The molecule has 3 aromatic heterocycles. The fourth-order valence-corrected chi connectivity index (χ4v) is 4.43. The number of aromatic nitrogens is 5. The van der Waals surface area contributed by atoms with Crippen LogP contribution in [0.5, 0.6) is 5.75 Å². The van der Waals surface area contributed by atoms with E-state index in [4.69, 9.17) is 4.74 Å². The predicted octanol–water partition coefficient (Wildman–Crippen LogP) is 2.89. The van der Waals surface area contributed by atoms with Crippen molar-refractivity contribution in [3.05, 3.63) is 52.8 Å². The summed E-state index contributed by atoms with van der Waals surface area (Å²) in [5, 5.41) is 7.22. The number of hydrogen-bond donors (Lipinski definition) is 1. The number of nitrogens with one attached hydrogen (secondary N) is 1. The van der Waals surface area contributed by atoms with Crippen LogP contribution in [0.3, 0.4) is 0 Å². The Morgan fingerprint density at radius 1 is 1.16 bits per heavy atom. The number of aromatic amines is 1. The summed E-state index contributed by atoms with van der Waals surface area (Å²) < 4.78 is 32.3. The van der Waals surface area contributed by atoms with Crippen molar-refractivity contribution in [2.24, 2.45) is 7.05 Å². The zero-order valence-electron chi connectivity index (χ0n) is 18.2. The summed E-state index contributed by atoms with van der Waals surface area (Å²) in [5.41, 5.74) is 2.70. The van der Waals surface area contributed by atoms with Crippen LogP contribution in [0.2, 0.25) is 0 Å². The van der Waals surface area contributed by atoms with Crippen molar-refractivity contribution in [3.63, 3.8) is 0 Å². The molecule has 0 spiro atoms. The molecule has 0 atom stereocenters.